The van der Waals surface area contributed by atoms with Crippen LogP contribution in [-0.2, 0) is 13.6 Å². The van der Waals surface area contributed by atoms with E-state index in [9.17, 15) is 0 Å². The topological polar surface area (TPSA) is 43.0 Å². The van der Waals surface area contributed by atoms with Gasteiger partial charge >= 0.3 is 0 Å². The summed E-state index contributed by atoms with van der Waals surface area (Å²) < 4.78 is 7.28. The standard InChI is InChI=1S/C10H13N3O/c1-11-5-10-8(3-4-14-10)9-6-13(2)7-12-9/h3-4,6-7,11H,5H2,1-2H3. The molecule has 4 heteroatoms. The van der Waals surface area contributed by atoms with Gasteiger partial charge in [-0.3, -0.25) is 0 Å². The highest BCUT2D eigenvalue weighted by Crippen LogP contribution is 2.22. The molecule has 0 amide bonds. The first-order valence-electron chi connectivity index (χ1n) is 4.50. The molecule has 0 fully saturated rings. The van der Waals surface area contributed by atoms with E-state index in [1.165, 1.54) is 0 Å². The summed E-state index contributed by atoms with van der Waals surface area (Å²) in [6, 6.07) is 1.94. The molecule has 2 heterocycles. The number of furan rings is 1. The normalized spacial score (nSPS) is 10.7. The first kappa shape index (κ1) is 9.02. The molecule has 0 saturated heterocycles. The molecule has 0 aliphatic carbocycles. The van der Waals surface area contributed by atoms with Crippen LogP contribution in [0.3, 0.4) is 0 Å². The minimum atomic E-state index is 0.721. The van der Waals surface area contributed by atoms with Crippen molar-refractivity contribution in [3.05, 3.63) is 30.6 Å². The van der Waals surface area contributed by atoms with Gasteiger partial charge in [0.15, 0.2) is 0 Å². The van der Waals surface area contributed by atoms with E-state index >= 15 is 0 Å². The van der Waals surface area contributed by atoms with E-state index < -0.39 is 0 Å². The molecule has 74 valence electrons. The highest BCUT2D eigenvalue weighted by molar-refractivity contribution is 5.60. The average molecular weight is 191 g/mol. The summed E-state index contributed by atoms with van der Waals surface area (Å²) in [5, 5.41) is 3.06. The van der Waals surface area contributed by atoms with Crippen LogP contribution in [0.4, 0.5) is 0 Å². The molecule has 2 rings (SSSR count). The average Bonchev–Trinajstić information content (AvgIpc) is 2.74. The summed E-state index contributed by atoms with van der Waals surface area (Å²) >= 11 is 0. The van der Waals surface area contributed by atoms with Crippen molar-refractivity contribution >= 4 is 0 Å². The van der Waals surface area contributed by atoms with Gasteiger partial charge in [0.25, 0.3) is 0 Å². The summed E-state index contributed by atoms with van der Waals surface area (Å²) in [6.07, 6.45) is 5.45. The van der Waals surface area contributed by atoms with Gasteiger partial charge in [-0.15, -0.1) is 0 Å². The van der Waals surface area contributed by atoms with E-state index in [1.807, 2.05) is 30.9 Å². The number of hydrogen-bond acceptors (Lipinski definition) is 3. The van der Waals surface area contributed by atoms with Crippen LogP contribution in [0.1, 0.15) is 5.76 Å². The van der Waals surface area contributed by atoms with Crippen molar-refractivity contribution in [2.75, 3.05) is 7.05 Å². The predicted octanol–water partition coefficient (Wildman–Crippen LogP) is 1.40. The van der Waals surface area contributed by atoms with Crippen LogP contribution in [-0.4, -0.2) is 16.6 Å². The zero-order valence-electron chi connectivity index (χ0n) is 8.32. The van der Waals surface area contributed by atoms with Crippen molar-refractivity contribution in [1.82, 2.24) is 14.9 Å². The lowest BCUT2D eigenvalue weighted by atomic mass is 10.2. The second-order valence-electron chi connectivity index (χ2n) is 3.21. The molecule has 0 aliphatic heterocycles. The van der Waals surface area contributed by atoms with Crippen molar-refractivity contribution in [3.63, 3.8) is 0 Å². The molecule has 0 spiro atoms. The Morgan fingerprint density at radius 3 is 3.07 bits per heavy atom. The van der Waals surface area contributed by atoms with Crippen molar-refractivity contribution in [3.8, 4) is 11.3 Å². The van der Waals surface area contributed by atoms with Gasteiger partial charge in [-0.25, -0.2) is 4.98 Å². The molecule has 0 saturated carbocycles. The highest BCUT2D eigenvalue weighted by Gasteiger charge is 2.09. The maximum absolute atomic E-state index is 5.36. The van der Waals surface area contributed by atoms with E-state index in [1.54, 1.807) is 12.6 Å². The lowest BCUT2D eigenvalue weighted by Gasteiger charge is -1.97. The van der Waals surface area contributed by atoms with Crippen LogP contribution in [0.2, 0.25) is 0 Å². The second-order valence-corrected chi connectivity index (χ2v) is 3.21. The molecular formula is C10H13N3O. The first-order chi connectivity index (χ1) is 6.81. The third kappa shape index (κ3) is 1.56. The van der Waals surface area contributed by atoms with E-state index in [0.717, 1.165) is 23.6 Å². The Hall–Kier alpha value is -1.55. The zero-order chi connectivity index (χ0) is 9.97. The lowest BCUT2D eigenvalue weighted by Crippen LogP contribution is -2.04. The van der Waals surface area contributed by atoms with Gasteiger partial charge < -0.3 is 14.3 Å². The minimum absolute atomic E-state index is 0.721. The van der Waals surface area contributed by atoms with Crippen LogP contribution < -0.4 is 5.32 Å². The summed E-state index contributed by atoms with van der Waals surface area (Å²) in [5.74, 6) is 0.922. The Morgan fingerprint density at radius 1 is 1.57 bits per heavy atom. The molecule has 0 aromatic carbocycles. The highest BCUT2D eigenvalue weighted by atomic mass is 16.3. The molecule has 2 aromatic rings. The number of nitrogens with zero attached hydrogens (tertiary/aromatic N) is 2. The Bertz CT molecular complexity index is 416. The fourth-order valence-corrected chi connectivity index (χ4v) is 1.42. The molecule has 0 bridgehead atoms. The van der Waals surface area contributed by atoms with Crippen LogP contribution in [0.25, 0.3) is 11.3 Å². The number of nitrogens with one attached hydrogen (secondary N) is 1. The lowest BCUT2D eigenvalue weighted by molar-refractivity contribution is 0.496. The molecule has 2 aromatic heterocycles. The van der Waals surface area contributed by atoms with Gasteiger partial charge in [-0.05, 0) is 13.1 Å². The van der Waals surface area contributed by atoms with E-state index in [4.69, 9.17) is 4.42 Å². The van der Waals surface area contributed by atoms with E-state index in [2.05, 4.69) is 10.3 Å². The van der Waals surface area contributed by atoms with E-state index in [0.29, 0.717) is 0 Å². The summed E-state index contributed by atoms with van der Waals surface area (Å²) in [4.78, 5) is 4.28. The minimum Gasteiger partial charge on any atom is -0.467 e. The van der Waals surface area contributed by atoms with Gasteiger partial charge in [-0.1, -0.05) is 0 Å². The third-order valence-corrected chi connectivity index (χ3v) is 2.06. The van der Waals surface area contributed by atoms with Gasteiger partial charge in [0.1, 0.15) is 5.76 Å². The van der Waals surface area contributed by atoms with E-state index in [-0.39, 0.29) is 0 Å². The Kier molecular flexibility index (Phi) is 2.37. The number of rotatable bonds is 3. The van der Waals surface area contributed by atoms with Gasteiger partial charge in [0, 0.05) is 18.8 Å². The molecule has 0 aliphatic rings. The quantitative estimate of drug-likeness (QED) is 0.797. The fourth-order valence-electron chi connectivity index (χ4n) is 1.42. The maximum atomic E-state index is 5.36. The molecule has 0 atom stereocenters. The van der Waals surface area contributed by atoms with Crippen molar-refractivity contribution in [2.45, 2.75) is 6.54 Å². The van der Waals surface area contributed by atoms with Crippen LogP contribution in [0.15, 0.2) is 29.3 Å². The first-order valence-corrected chi connectivity index (χ1v) is 4.50. The van der Waals surface area contributed by atoms with Crippen molar-refractivity contribution < 1.29 is 4.42 Å². The molecule has 0 radical (unpaired) electrons. The van der Waals surface area contributed by atoms with Crippen molar-refractivity contribution in [2.24, 2.45) is 7.05 Å². The van der Waals surface area contributed by atoms with Crippen LogP contribution in [0.5, 0.6) is 0 Å². The number of aromatic nitrogens is 2. The second kappa shape index (κ2) is 3.67. The number of imidazole rings is 1. The van der Waals surface area contributed by atoms with Gasteiger partial charge in [0.05, 0.1) is 24.8 Å². The largest absolute Gasteiger partial charge is 0.467 e. The molecule has 1 N–H and O–H groups in total. The third-order valence-electron chi connectivity index (χ3n) is 2.06. The molecular weight excluding hydrogens is 178 g/mol. The van der Waals surface area contributed by atoms with Crippen LogP contribution in [0, 0.1) is 0 Å². The Morgan fingerprint density at radius 2 is 2.43 bits per heavy atom. The summed E-state index contributed by atoms with van der Waals surface area (Å²) in [7, 11) is 3.85. The predicted molar refractivity (Wildman–Crippen MR) is 53.7 cm³/mol. The Labute approximate surface area is 82.6 Å². The molecule has 0 unspecified atom stereocenters. The smallest absolute Gasteiger partial charge is 0.126 e. The summed E-state index contributed by atoms with van der Waals surface area (Å²) in [6.45, 7) is 0.721. The molecule has 4 nitrogen and oxygen atoms in total. The number of aryl methyl sites for hydroxylation is 1. The maximum Gasteiger partial charge on any atom is 0.126 e. The van der Waals surface area contributed by atoms with Gasteiger partial charge in [0.2, 0.25) is 0 Å². The number of hydrogen-bond donors (Lipinski definition) is 1. The summed E-state index contributed by atoms with van der Waals surface area (Å²) in [5.41, 5.74) is 2.01. The monoisotopic (exact) mass is 191 g/mol. The SMILES string of the molecule is CNCc1occc1-c1cn(C)cn1. The Balaban J connectivity index is 2.36. The zero-order valence-corrected chi connectivity index (χ0v) is 8.32. The van der Waals surface area contributed by atoms with Gasteiger partial charge in [-0.2, -0.15) is 0 Å². The van der Waals surface area contributed by atoms with Crippen molar-refractivity contribution in [1.29, 1.82) is 0 Å². The molecule has 14 heavy (non-hydrogen) atoms. The van der Waals surface area contributed by atoms with Crippen LogP contribution >= 0.6 is 0 Å². The fraction of sp³-hybridized carbons (Fsp3) is 0.300.